The second kappa shape index (κ2) is 8.50. The van der Waals surface area contributed by atoms with Gasteiger partial charge in [0.15, 0.2) is 0 Å². The molecule has 5 heteroatoms. The maximum atomic E-state index is 12.3. The molecule has 1 unspecified atom stereocenters. The minimum absolute atomic E-state index is 0. The predicted octanol–water partition coefficient (Wildman–Crippen LogP) is 3.85. The molecule has 1 aliphatic heterocycles. The quantitative estimate of drug-likeness (QED) is 0.790. The van der Waals surface area contributed by atoms with E-state index in [0.29, 0.717) is 11.6 Å². The van der Waals surface area contributed by atoms with E-state index in [1.165, 1.54) is 6.42 Å². The van der Waals surface area contributed by atoms with E-state index in [2.05, 4.69) is 4.90 Å². The van der Waals surface area contributed by atoms with Gasteiger partial charge in [0, 0.05) is 5.02 Å². The molecule has 1 fully saturated rings. The molecular weight excluding hydrogens is 297 g/mol. The van der Waals surface area contributed by atoms with Crippen molar-refractivity contribution in [2.24, 2.45) is 0 Å². The van der Waals surface area contributed by atoms with Gasteiger partial charge in [-0.15, -0.1) is 12.4 Å². The number of esters is 1. The summed E-state index contributed by atoms with van der Waals surface area (Å²) in [6.07, 6.45) is 3.48. The molecule has 1 aromatic rings. The fourth-order valence-corrected chi connectivity index (χ4v) is 2.81. The lowest BCUT2D eigenvalue weighted by Gasteiger charge is -2.33. The Bertz CT molecular complexity index is 434. The Hall–Kier alpha value is -0.770. The molecule has 0 spiro atoms. The van der Waals surface area contributed by atoms with Gasteiger partial charge in [-0.25, -0.2) is 4.79 Å². The van der Waals surface area contributed by atoms with Crippen LogP contribution in [0.3, 0.4) is 0 Å². The van der Waals surface area contributed by atoms with Crippen LogP contribution >= 0.6 is 24.0 Å². The van der Waals surface area contributed by atoms with E-state index in [0.717, 1.165) is 31.5 Å². The van der Waals surface area contributed by atoms with Crippen molar-refractivity contribution in [3.05, 3.63) is 34.9 Å². The smallest absolute Gasteiger partial charge is 0.328 e. The number of halogens is 2. The third-order valence-electron chi connectivity index (χ3n) is 3.47. The van der Waals surface area contributed by atoms with Crippen molar-refractivity contribution in [2.45, 2.75) is 32.2 Å². The van der Waals surface area contributed by atoms with Gasteiger partial charge in [0.1, 0.15) is 6.04 Å². The van der Waals surface area contributed by atoms with E-state index < -0.39 is 0 Å². The Balaban J connectivity index is 0.00000200. The third kappa shape index (κ3) is 4.11. The molecule has 20 heavy (non-hydrogen) atoms. The van der Waals surface area contributed by atoms with E-state index in [9.17, 15) is 4.79 Å². The zero-order valence-electron chi connectivity index (χ0n) is 11.7. The molecule has 0 saturated carbocycles. The van der Waals surface area contributed by atoms with Gasteiger partial charge in [0.05, 0.1) is 6.61 Å². The number of carbonyl (C=O) groups is 1. The van der Waals surface area contributed by atoms with E-state index in [-0.39, 0.29) is 24.4 Å². The highest BCUT2D eigenvalue weighted by molar-refractivity contribution is 6.31. The summed E-state index contributed by atoms with van der Waals surface area (Å²) in [5.74, 6) is -0.197. The Morgan fingerprint density at radius 1 is 1.30 bits per heavy atom. The fourth-order valence-electron chi connectivity index (χ4n) is 2.57. The molecule has 0 bridgehead atoms. The minimum atomic E-state index is -0.367. The van der Waals surface area contributed by atoms with Crippen LogP contribution in [-0.2, 0) is 9.53 Å². The summed E-state index contributed by atoms with van der Waals surface area (Å²) in [5, 5.41) is 0.631. The van der Waals surface area contributed by atoms with Crippen LogP contribution in [0.1, 0.15) is 37.8 Å². The Morgan fingerprint density at radius 2 is 1.95 bits per heavy atom. The zero-order valence-corrected chi connectivity index (χ0v) is 13.3. The zero-order chi connectivity index (χ0) is 13.7. The first-order valence-corrected chi connectivity index (χ1v) is 7.27. The SMILES string of the molecule is CCOC(=O)C(c1ccccc1Cl)N1CCCCC1.Cl. The summed E-state index contributed by atoms with van der Waals surface area (Å²) >= 11 is 6.25. The van der Waals surface area contributed by atoms with E-state index in [1.54, 1.807) is 0 Å². The summed E-state index contributed by atoms with van der Waals surface area (Å²) in [6, 6.07) is 7.17. The second-order valence-electron chi connectivity index (χ2n) is 4.77. The van der Waals surface area contributed by atoms with Crippen molar-refractivity contribution in [3.8, 4) is 0 Å². The number of carbonyl (C=O) groups excluding carboxylic acids is 1. The van der Waals surface area contributed by atoms with Crippen molar-refractivity contribution in [1.29, 1.82) is 0 Å². The van der Waals surface area contributed by atoms with E-state index >= 15 is 0 Å². The first kappa shape index (κ1) is 17.3. The van der Waals surface area contributed by atoms with Crippen LogP contribution in [0, 0.1) is 0 Å². The number of ether oxygens (including phenoxy) is 1. The Kier molecular flexibility index (Phi) is 7.35. The van der Waals surface area contributed by atoms with Gasteiger partial charge in [0.25, 0.3) is 0 Å². The maximum absolute atomic E-state index is 12.3. The van der Waals surface area contributed by atoms with E-state index in [1.807, 2.05) is 31.2 Å². The molecule has 1 aromatic carbocycles. The van der Waals surface area contributed by atoms with Crippen molar-refractivity contribution in [2.75, 3.05) is 19.7 Å². The number of hydrogen-bond donors (Lipinski definition) is 0. The summed E-state index contributed by atoms with van der Waals surface area (Å²) in [7, 11) is 0. The first-order chi connectivity index (χ1) is 9.24. The molecule has 2 rings (SSSR count). The molecule has 1 atom stereocenters. The van der Waals surface area contributed by atoms with Gasteiger partial charge in [-0.3, -0.25) is 4.90 Å². The molecule has 0 radical (unpaired) electrons. The fraction of sp³-hybridized carbons (Fsp3) is 0.533. The van der Waals surface area contributed by atoms with Crippen LogP contribution in [0.4, 0.5) is 0 Å². The van der Waals surface area contributed by atoms with Gasteiger partial charge in [-0.1, -0.05) is 36.2 Å². The minimum Gasteiger partial charge on any atom is -0.465 e. The van der Waals surface area contributed by atoms with Gasteiger partial charge >= 0.3 is 5.97 Å². The third-order valence-corrected chi connectivity index (χ3v) is 3.81. The van der Waals surface area contributed by atoms with Crippen LogP contribution in [0.15, 0.2) is 24.3 Å². The van der Waals surface area contributed by atoms with Crippen LogP contribution in [-0.4, -0.2) is 30.6 Å². The van der Waals surface area contributed by atoms with Crippen molar-refractivity contribution < 1.29 is 9.53 Å². The number of rotatable bonds is 4. The van der Waals surface area contributed by atoms with Crippen molar-refractivity contribution in [1.82, 2.24) is 4.90 Å². The van der Waals surface area contributed by atoms with Gasteiger partial charge in [0.2, 0.25) is 0 Å². The molecule has 1 aliphatic rings. The van der Waals surface area contributed by atoms with Gasteiger partial charge in [-0.2, -0.15) is 0 Å². The lowest BCUT2D eigenvalue weighted by Crippen LogP contribution is -2.38. The molecule has 0 amide bonds. The number of nitrogens with zero attached hydrogens (tertiary/aromatic N) is 1. The monoisotopic (exact) mass is 317 g/mol. The average molecular weight is 318 g/mol. The molecule has 112 valence electrons. The highest BCUT2D eigenvalue weighted by Gasteiger charge is 2.31. The largest absolute Gasteiger partial charge is 0.465 e. The van der Waals surface area contributed by atoms with Crippen molar-refractivity contribution >= 4 is 30.0 Å². The number of likely N-dealkylation sites (tertiary alicyclic amines) is 1. The van der Waals surface area contributed by atoms with E-state index in [4.69, 9.17) is 16.3 Å². The summed E-state index contributed by atoms with van der Waals surface area (Å²) in [5.41, 5.74) is 0.851. The second-order valence-corrected chi connectivity index (χ2v) is 5.18. The Morgan fingerprint density at radius 3 is 2.55 bits per heavy atom. The molecule has 3 nitrogen and oxygen atoms in total. The lowest BCUT2D eigenvalue weighted by molar-refractivity contribution is -0.150. The molecule has 0 aromatic heterocycles. The number of hydrogen-bond acceptors (Lipinski definition) is 3. The maximum Gasteiger partial charge on any atom is 0.328 e. The lowest BCUT2D eigenvalue weighted by atomic mass is 10.0. The Labute approximate surface area is 131 Å². The summed E-state index contributed by atoms with van der Waals surface area (Å²) in [4.78, 5) is 14.5. The topological polar surface area (TPSA) is 29.5 Å². The first-order valence-electron chi connectivity index (χ1n) is 6.89. The number of piperidine rings is 1. The standard InChI is InChI=1S/C15H20ClNO2.ClH/c1-2-19-15(18)14(17-10-6-3-7-11-17)12-8-4-5-9-13(12)16;/h4-5,8-9,14H,2-3,6-7,10-11H2,1H3;1H. The summed E-state index contributed by atoms with van der Waals surface area (Å²) < 4.78 is 5.23. The highest BCUT2D eigenvalue weighted by atomic mass is 35.5. The van der Waals surface area contributed by atoms with Gasteiger partial charge < -0.3 is 4.74 Å². The molecule has 0 aliphatic carbocycles. The predicted molar refractivity (Wildman–Crippen MR) is 83.5 cm³/mol. The normalized spacial score (nSPS) is 17.1. The molecule has 0 N–H and O–H groups in total. The molecule has 1 saturated heterocycles. The van der Waals surface area contributed by atoms with Crippen LogP contribution in [0.5, 0.6) is 0 Å². The van der Waals surface area contributed by atoms with Crippen LogP contribution in [0.25, 0.3) is 0 Å². The molecular formula is C15H21Cl2NO2. The van der Waals surface area contributed by atoms with Crippen LogP contribution in [0.2, 0.25) is 5.02 Å². The van der Waals surface area contributed by atoms with Crippen LogP contribution < -0.4 is 0 Å². The molecule has 1 heterocycles. The highest BCUT2D eigenvalue weighted by Crippen LogP contribution is 2.30. The number of benzene rings is 1. The van der Waals surface area contributed by atoms with Crippen molar-refractivity contribution in [3.63, 3.8) is 0 Å². The summed E-state index contributed by atoms with van der Waals surface area (Å²) in [6.45, 7) is 4.08. The van der Waals surface area contributed by atoms with Gasteiger partial charge in [-0.05, 0) is 44.5 Å². The average Bonchev–Trinajstić information content (AvgIpc) is 2.43.